The molecule has 5 N–H and O–H groups in total. The number of rotatable bonds is 11. The number of amides is 3. The molecular formula is C37H40ClF3N10O4. The van der Waals surface area contributed by atoms with E-state index in [9.17, 15) is 19.1 Å². The minimum atomic E-state index is -2.95. The first-order valence-electron chi connectivity index (χ1n) is 17.8. The fraction of sp³-hybridized carbons (Fsp3) is 0.378. The molecule has 18 heteroatoms. The van der Waals surface area contributed by atoms with Crippen molar-refractivity contribution in [1.29, 1.82) is 0 Å². The maximum absolute atomic E-state index is 15.9. The van der Waals surface area contributed by atoms with Gasteiger partial charge in [0.1, 0.15) is 12.0 Å². The number of nitrogens with zero attached hydrogens (tertiary/aromatic N) is 6. The van der Waals surface area contributed by atoms with Crippen LogP contribution in [-0.2, 0) is 6.54 Å². The quantitative estimate of drug-likeness (QED) is 0.131. The number of hydrogen-bond donors (Lipinski definition) is 5. The lowest BCUT2D eigenvalue weighted by Crippen LogP contribution is -2.70. The summed E-state index contributed by atoms with van der Waals surface area (Å²) in [5.74, 6) is -3.40. The number of methoxy groups -OCH3 is 1. The normalized spacial score (nSPS) is 19.0. The van der Waals surface area contributed by atoms with Gasteiger partial charge in [-0.1, -0.05) is 23.7 Å². The van der Waals surface area contributed by atoms with Crippen LogP contribution in [-0.4, -0.2) is 95.7 Å². The number of urea groups is 1. The number of aromatic nitrogens is 3. The average Bonchev–Trinajstić information content (AvgIpc) is 3.12. The summed E-state index contributed by atoms with van der Waals surface area (Å²) in [4.78, 5) is 34.7. The molecule has 7 rings (SSSR count). The topological polar surface area (TPSA) is 160 Å². The monoisotopic (exact) mass is 780 g/mol. The van der Waals surface area contributed by atoms with E-state index in [0.717, 1.165) is 5.56 Å². The van der Waals surface area contributed by atoms with Gasteiger partial charge in [-0.3, -0.25) is 14.6 Å². The Kier molecular flexibility index (Phi) is 10.6. The van der Waals surface area contributed by atoms with E-state index in [-0.39, 0.29) is 54.8 Å². The third kappa shape index (κ3) is 7.77. The summed E-state index contributed by atoms with van der Waals surface area (Å²) in [7, 11) is 1.34. The summed E-state index contributed by atoms with van der Waals surface area (Å²) >= 11 is 6.41. The number of aliphatic hydroxyl groups is 1. The zero-order chi connectivity index (χ0) is 38.9. The number of alkyl halides is 2. The summed E-state index contributed by atoms with van der Waals surface area (Å²) in [6.07, 6.45) is 1.32. The van der Waals surface area contributed by atoms with Crippen molar-refractivity contribution in [3.8, 4) is 5.75 Å². The van der Waals surface area contributed by atoms with Crippen LogP contribution in [0.2, 0.25) is 5.02 Å². The van der Waals surface area contributed by atoms with Gasteiger partial charge in [0.05, 0.1) is 41.2 Å². The molecule has 2 aromatic heterocycles. The van der Waals surface area contributed by atoms with Gasteiger partial charge in [0.25, 0.3) is 11.8 Å². The van der Waals surface area contributed by atoms with E-state index < -0.39 is 41.9 Å². The number of piperidine rings is 1. The van der Waals surface area contributed by atoms with Crippen LogP contribution in [0.3, 0.4) is 0 Å². The summed E-state index contributed by atoms with van der Waals surface area (Å²) in [6, 6.07) is 14.1. The molecule has 0 bridgehead atoms. The molecule has 55 heavy (non-hydrogen) atoms. The molecule has 5 heterocycles. The van der Waals surface area contributed by atoms with Crippen molar-refractivity contribution in [3.05, 3.63) is 82.9 Å². The molecule has 1 unspecified atom stereocenters. The van der Waals surface area contributed by atoms with Gasteiger partial charge in [-0.2, -0.15) is 0 Å². The molecular weight excluding hydrogens is 741 g/mol. The van der Waals surface area contributed by atoms with Gasteiger partial charge in [0.15, 0.2) is 23.1 Å². The van der Waals surface area contributed by atoms with Crippen molar-refractivity contribution in [2.75, 3.05) is 66.8 Å². The highest BCUT2D eigenvalue weighted by Crippen LogP contribution is 2.52. The van der Waals surface area contributed by atoms with E-state index >= 15 is 8.78 Å². The lowest BCUT2D eigenvalue weighted by Gasteiger charge is -2.58. The number of benzene rings is 2. The first kappa shape index (κ1) is 37.9. The van der Waals surface area contributed by atoms with Crippen LogP contribution < -0.4 is 35.8 Å². The molecule has 0 saturated carbocycles. The summed E-state index contributed by atoms with van der Waals surface area (Å²) in [5.41, 5.74) is 1.24. The summed E-state index contributed by atoms with van der Waals surface area (Å²) < 4.78 is 51.3. The Bertz CT molecular complexity index is 2070. The number of hydrogen-bond acceptors (Lipinski definition) is 11. The fourth-order valence-corrected chi connectivity index (χ4v) is 7.37. The van der Waals surface area contributed by atoms with E-state index in [1.54, 1.807) is 54.4 Å². The first-order valence-corrected chi connectivity index (χ1v) is 18.1. The minimum Gasteiger partial charge on any atom is -0.492 e. The van der Waals surface area contributed by atoms with Crippen molar-refractivity contribution in [2.45, 2.75) is 38.5 Å². The zero-order valence-electron chi connectivity index (χ0n) is 30.1. The second-order valence-corrected chi connectivity index (χ2v) is 14.2. The predicted octanol–water partition coefficient (Wildman–Crippen LogP) is 5.50. The Balaban J connectivity index is 0.974. The Morgan fingerprint density at radius 2 is 1.87 bits per heavy atom. The SMILES string of the molecule is CCNC(=O)c1nnc(Nc2ccc(CN3CCC4(CN(c5ccc(Cl)c(N6CCC(O)NC6=O)c5)C4)C(F)(F)C3)cn2)cc1Nc1cccc(F)c1OC. The molecule has 0 aliphatic carbocycles. The molecule has 3 amide bonds. The maximum Gasteiger partial charge on any atom is 0.323 e. The van der Waals surface area contributed by atoms with E-state index in [4.69, 9.17) is 16.3 Å². The number of halogens is 4. The predicted molar refractivity (Wildman–Crippen MR) is 201 cm³/mol. The second kappa shape index (κ2) is 15.4. The van der Waals surface area contributed by atoms with Gasteiger partial charge < -0.3 is 36.0 Å². The van der Waals surface area contributed by atoms with Crippen LogP contribution in [0.5, 0.6) is 5.75 Å². The van der Waals surface area contributed by atoms with Crippen molar-refractivity contribution in [2.24, 2.45) is 5.41 Å². The first-order chi connectivity index (χ1) is 26.4. The van der Waals surface area contributed by atoms with Crippen LogP contribution in [0, 0.1) is 11.2 Å². The van der Waals surface area contributed by atoms with Gasteiger partial charge in [-0.15, -0.1) is 10.2 Å². The number of likely N-dealkylation sites (tertiary alicyclic amines) is 1. The molecule has 1 spiro atoms. The smallest absolute Gasteiger partial charge is 0.323 e. The molecule has 1 atom stereocenters. The number of para-hydroxylation sites is 1. The Morgan fingerprint density at radius 1 is 1.05 bits per heavy atom. The Morgan fingerprint density at radius 3 is 2.58 bits per heavy atom. The zero-order valence-corrected chi connectivity index (χ0v) is 30.8. The molecule has 3 aliphatic heterocycles. The van der Waals surface area contributed by atoms with E-state index in [2.05, 4.69) is 36.4 Å². The Labute approximate surface area is 320 Å². The third-order valence-electron chi connectivity index (χ3n) is 10.1. The van der Waals surface area contributed by atoms with E-state index in [1.807, 2.05) is 4.90 Å². The lowest BCUT2D eigenvalue weighted by molar-refractivity contribution is -0.181. The van der Waals surface area contributed by atoms with Crippen LogP contribution in [0.1, 0.15) is 35.8 Å². The number of pyridine rings is 1. The number of nitrogens with one attached hydrogen (secondary N) is 4. The summed E-state index contributed by atoms with van der Waals surface area (Å²) in [6.45, 7) is 3.09. The minimum absolute atomic E-state index is 0.0126. The second-order valence-electron chi connectivity index (χ2n) is 13.8. The lowest BCUT2D eigenvalue weighted by atomic mass is 9.69. The maximum atomic E-state index is 15.9. The number of carbonyl (C=O) groups is 2. The Hall–Kier alpha value is -5.39. The number of anilines is 6. The van der Waals surface area contributed by atoms with Gasteiger partial charge in [-0.25, -0.2) is 22.9 Å². The van der Waals surface area contributed by atoms with E-state index in [0.29, 0.717) is 48.1 Å². The molecule has 14 nitrogen and oxygen atoms in total. The highest BCUT2D eigenvalue weighted by Gasteiger charge is 2.62. The fourth-order valence-electron chi connectivity index (χ4n) is 7.16. The number of aliphatic hydroxyl groups excluding tert-OH is 1. The number of ether oxygens (including phenoxy) is 1. The standard InChI is InChI=1S/C37H40ClF3N10O4/c1-3-42-34(53)32-27(44-26-6-4-5-25(39)33(26)55-2)16-30(47-48-32)45-29-10-7-22(17-43-29)18-49-14-12-36(37(40,41)21-49)19-50(20-36)23-8-9-24(38)28(15-23)51-13-11-31(52)46-35(51)54/h4-10,15-17,31,52H,3,11-14,18-21H2,1-2H3,(H,42,53)(H,46,54)(H2,43,44,45,47). The van der Waals surface area contributed by atoms with Crippen LogP contribution >= 0.6 is 11.6 Å². The van der Waals surface area contributed by atoms with E-state index in [1.165, 1.54) is 30.2 Å². The van der Waals surface area contributed by atoms with Crippen molar-refractivity contribution in [1.82, 2.24) is 30.7 Å². The van der Waals surface area contributed by atoms with Gasteiger partial charge in [0, 0.05) is 57.1 Å². The molecule has 290 valence electrons. The molecule has 2 aromatic carbocycles. The van der Waals surface area contributed by atoms with Crippen LogP contribution in [0.4, 0.5) is 52.4 Å². The van der Waals surface area contributed by atoms with Gasteiger partial charge in [0.2, 0.25) is 0 Å². The van der Waals surface area contributed by atoms with Crippen molar-refractivity contribution in [3.63, 3.8) is 0 Å². The molecule has 3 fully saturated rings. The molecule has 3 saturated heterocycles. The summed E-state index contributed by atoms with van der Waals surface area (Å²) in [5, 5.41) is 29.5. The third-order valence-corrected chi connectivity index (χ3v) is 10.4. The largest absolute Gasteiger partial charge is 0.492 e. The highest BCUT2D eigenvalue weighted by molar-refractivity contribution is 6.34. The highest BCUT2D eigenvalue weighted by atomic mass is 35.5. The van der Waals surface area contributed by atoms with Crippen molar-refractivity contribution < 1.29 is 32.6 Å². The van der Waals surface area contributed by atoms with Gasteiger partial charge in [-0.05, 0) is 61.9 Å². The molecule has 0 radical (unpaired) electrons. The molecule has 3 aliphatic rings. The molecule has 4 aromatic rings. The van der Waals surface area contributed by atoms with Crippen LogP contribution in [0.25, 0.3) is 0 Å². The number of carbonyl (C=O) groups excluding carboxylic acids is 2. The average molecular weight is 781 g/mol. The van der Waals surface area contributed by atoms with Gasteiger partial charge >= 0.3 is 6.03 Å². The van der Waals surface area contributed by atoms with Crippen molar-refractivity contribution >= 4 is 57.9 Å². The van der Waals surface area contributed by atoms with Crippen LogP contribution in [0.15, 0.2) is 60.8 Å².